The summed E-state index contributed by atoms with van der Waals surface area (Å²) in [7, 11) is 1.68. The summed E-state index contributed by atoms with van der Waals surface area (Å²) in [6.45, 7) is 26.0. The van der Waals surface area contributed by atoms with Crippen LogP contribution in [-0.2, 0) is 15.1 Å². The van der Waals surface area contributed by atoms with Crippen molar-refractivity contribution in [2.24, 2.45) is 16.7 Å². The molecule has 1 aliphatic heterocycles. The summed E-state index contributed by atoms with van der Waals surface area (Å²) in [5, 5.41) is 3.27. The fraction of sp³-hybridized carbons (Fsp3) is 0.610. The molecule has 0 spiro atoms. The van der Waals surface area contributed by atoms with Gasteiger partial charge in [0.05, 0.1) is 12.6 Å². The topological polar surface area (TPSA) is 58.6 Å². The molecule has 1 heterocycles. The Labute approximate surface area is 291 Å². The van der Waals surface area contributed by atoms with Crippen LogP contribution in [0.5, 0.6) is 5.75 Å². The van der Waals surface area contributed by atoms with Crippen molar-refractivity contribution in [2.75, 3.05) is 20.2 Å². The minimum absolute atomic E-state index is 0. The van der Waals surface area contributed by atoms with E-state index in [0.717, 1.165) is 42.1 Å². The van der Waals surface area contributed by atoms with E-state index in [1.807, 2.05) is 26.0 Å². The van der Waals surface area contributed by atoms with E-state index in [4.69, 9.17) is 4.74 Å². The van der Waals surface area contributed by atoms with Gasteiger partial charge in [0, 0.05) is 42.5 Å². The molecule has 270 valence electrons. The summed E-state index contributed by atoms with van der Waals surface area (Å²) in [6.07, 6.45) is 9.61. The van der Waals surface area contributed by atoms with Crippen molar-refractivity contribution in [3.8, 4) is 5.75 Å². The predicted octanol–water partition coefficient (Wildman–Crippen LogP) is 10.2. The van der Waals surface area contributed by atoms with Crippen LogP contribution in [0.2, 0.25) is 0 Å². The smallest absolute Gasteiger partial charge is 0.221 e. The van der Waals surface area contributed by atoms with Crippen molar-refractivity contribution in [2.45, 2.75) is 127 Å². The van der Waals surface area contributed by atoms with Gasteiger partial charge in [-0.05, 0) is 101 Å². The fourth-order valence-electron chi connectivity index (χ4n) is 6.62. The number of nitrogens with zero attached hydrogens (tertiary/aromatic N) is 1. The monoisotopic (exact) mass is 670 g/mol. The molecule has 7 heteroatoms. The quantitative estimate of drug-likeness (QED) is 0.210. The third-order valence-electron chi connectivity index (χ3n) is 9.55. The van der Waals surface area contributed by atoms with Gasteiger partial charge in [0.2, 0.25) is 5.91 Å². The van der Waals surface area contributed by atoms with Gasteiger partial charge < -0.3 is 10.1 Å². The second-order valence-electron chi connectivity index (χ2n) is 15.1. The SMILES string of the molecule is C.C=C(/C=C(\C)C1C=CC(F)=CC1F)C(C)=O.CC.COc1cc(C)cc(C(C)(C)NC(=O)CC2(C)CN(C3CCC(C)(C)CC3)C2)c1. The first-order chi connectivity index (χ1) is 21.8. The Balaban J connectivity index is 0.000000517. The lowest BCUT2D eigenvalue weighted by molar-refractivity contribution is -0.129. The highest BCUT2D eigenvalue weighted by molar-refractivity contribution is 5.95. The number of nitrogens with one attached hydrogen (secondary N) is 1. The minimum Gasteiger partial charge on any atom is -0.497 e. The molecule has 3 aliphatic rings. The molecule has 48 heavy (non-hydrogen) atoms. The van der Waals surface area contributed by atoms with E-state index in [1.54, 1.807) is 20.1 Å². The Morgan fingerprint density at radius 3 is 2.21 bits per heavy atom. The summed E-state index contributed by atoms with van der Waals surface area (Å²) >= 11 is 0. The standard InChI is InChI=1S/C25H40N2O2.C13H14F2O.C2H6.CH4/c1-18-12-19(14-21(13-18)29-7)24(4,5)26-22(28)15-25(6)16-27(17-25)20-8-10-23(2,3)11-9-20;1-8(10(3)16)6-9(2)12-5-4-11(14)7-13(12)15;1-2;/h12-14,20H,8-11,15-17H2,1-7H3,(H,26,28);4-7,12-13H,1H2,2-3H3;1-2H3;1H4/b;9-6+;;. The molecule has 1 N–H and O–H groups in total. The number of ether oxygens (including phenoxy) is 1. The number of hydrogen-bond acceptors (Lipinski definition) is 4. The second-order valence-corrected chi connectivity index (χ2v) is 15.1. The number of carbonyl (C=O) groups is 2. The molecular formula is C41H64F2N2O3. The van der Waals surface area contributed by atoms with Crippen LogP contribution in [0.1, 0.15) is 113 Å². The van der Waals surface area contributed by atoms with Crippen molar-refractivity contribution in [3.05, 3.63) is 77.2 Å². The van der Waals surface area contributed by atoms with E-state index in [-0.39, 0.29) is 24.5 Å². The molecule has 4 rings (SSSR count). The van der Waals surface area contributed by atoms with E-state index in [2.05, 4.69) is 64.4 Å². The molecule has 1 aromatic rings. The summed E-state index contributed by atoms with van der Waals surface area (Å²) in [5.41, 5.74) is 3.38. The molecule has 1 aromatic carbocycles. The number of alkyl halides is 1. The number of methoxy groups -OCH3 is 1. The zero-order valence-electron chi connectivity index (χ0n) is 30.9. The molecule has 2 aliphatic carbocycles. The van der Waals surface area contributed by atoms with Gasteiger partial charge in [-0.15, -0.1) is 0 Å². The van der Waals surface area contributed by atoms with Crippen molar-refractivity contribution in [3.63, 3.8) is 0 Å². The van der Waals surface area contributed by atoms with Gasteiger partial charge >= 0.3 is 0 Å². The molecule has 2 atom stereocenters. The van der Waals surface area contributed by atoms with Gasteiger partial charge in [-0.2, -0.15) is 0 Å². The van der Waals surface area contributed by atoms with Crippen molar-refractivity contribution >= 4 is 11.7 Å². The molecule has 0 aromatic heterocycles. The molecule has 2 unspecified atom stereocenters. The number of benzene rings is 1. The Hall–Kier alpha value is -3.06. The first-order valence-electron chi connectivity index (χ1n) is 17.1. The number of carbonyl (C=O) groups excluding carboxylic acids is 2. The van der Waals surface area contributed by atoms with Crippen LogP contribution < -0.4 is 10.1 Å². The maximum absolute atomic E-state index is 13.5. The molecule has 5 nitrogen and oxygen atoms in total. The number of amides is 1. The van der Waals surface area contributed by atoms with Gasteiger partial charge in [0.1, 0.15) is 17.7 Å². The van der Waals surface area contributed by atoms with Crippen LogP contribution in [0.3, 0.4) is 0 Å². The van der Waals surface area contributed by atoms with Crippen molar-refractivity contribution in [1.29, 1.82) is 0 Å². The number of hydrogen-bond donors (Lipinski definition) is 1. The number of aryl methyl sites for hydroxylation is 1. The Morgan fingerprint density at radius 1 is 1.10 bits per heavy atom. The van der Waals surface area contributed by atoms with E-state index < -0.39 is 23.5 Å². The fourth-order valence-corrected chi connectivity index (χ4v) is 6.62. The van der Waals surface area contributed by atoms with Crippen LogP contribution in [-0.4, -0.2) is 49.0 Å². The first-order valence-corrected chi connectivity index (χ1v) is 17.1. The molecular weight excluding hydrogens is 606 g/mol. The maximum Gasteiger partial charge on any atom is 0.221 e. The van der Waals surface area contributed by atoms with Gasteiger partial charge in [0.25, 0.3) is 0 Å². The van der Waals surface area contributed by atoms with Crippen LogP contribution in [0, 0.1) is 23.7 Å². The number of Topliss-reactive ketones (excluding diaryl/α,β-unsaturated/α-hetero) is 1. The van der Waals surface area contributed by atoms with Crippen LogP contribution in [0.15, 0.2) is 66.1 Å². The number of rotatable bonds is 9. The highest BCUT2D eigenvalue weighted by Gasteiger charge is 2.44. The Morgan fingerprint density at radius 2 is 1.69 bits per heavy atom. The van der Waals surface area contributed by atoms with Crippen LogP contribution in [0.25, 0.3) is 0 Å². The van der Waals surface area contributed by atoms with Crippen molar-refractivity contribution in [1.82, 2.24) is 10.2 Å². The maximum atomic E-state index is 13.5. The van der Waals surface area contributed by atoms with E-state index in [0.29, 0.717) is 23.0 Å². The normalized spacial score (nSPS) is 21.9. The van der Waals surface area contributed by atoms with Gasteiger partial charge in [-0.1, -0.05) is 72.4 Å². The summed E-state index contributed by atoms with van der Waals surface area (Å²) < 4.78 is 31.6. The van der Waals surface area contributed by atoms with Crippen LogP contribution >= 0.6 is 0 Å². The van der Waals surface area contributed by atoms with E-state index in [9.17, 15) is 18.4 Å². The molecule has 1 amide bonds. The van der Waals surface area contributed by atoms with Crippen LogP contribution in [0.4, 0.5) is 8.78 Å². The van der Waals surface area contributed by atoms with Gasteiger partial charge in [-0.25, -0.2) is 8.78 Å². The molecule has 0 radical (unpaired) electrons. The summed E-state index contributed by atoms with van der Waals surface area (Å²) in [6, 6.07) is 6.87. The molecule has 1 saturated heterocycles. The number of halogens is 2. The average molecular weight is 671 g/mol. The first kappa shape index (κ1) is 43.0. The third-order valence-corrected chi connectivity index (χ3v) is 9.55. The number of likely N-dealkylation sites (tertiary alicyclic amines) is 1. The molecule has 2 fully saturated rings. The largest absolute Gasteiger partial charge is 0.497 e. The lowest BCUT2D eigenvalue weighted by Crippen LogP contribution is -2.60. The van der Waals surface area contributed by atoms with E-state index in [1.165, 1.54) is 44.8 Å². The Kier molecular flexibility index (Phi) is 16.2. The highest BCUT2D eigenvalue weighted by Crippen LogP contribution is 2.42. The lowest BCUT2D eigenvalue weighted by atomic mass is 9.71. The zero-order chi connectivity index (χ0) is 35.7. The van der Waals surface area contributed by atoms with Crippen molar-refractivity contribution < 1.29 is 23.1 Å². The van der Waals surface area contributed by atoms with Gasteiger partial charge in [-0.3, -0.25) is 14.5 Å². The van der Waals surface area contributed by atoms with E-state index >= 15 is 0 Å². The summed E-state index contributed by atoms with van der Waals surface area (Å²) in [5.74, 6) is -0.268. The lowest BCUT2D eigenvalue weighted by Gasteiger charge is -2.53. The molecule has 0 bridgehead atoms. The zero-order valence-corrected chi connectivity index (χ0v) is 30.9. The predicted molar refractivity (Wildman–Crippen MR) is 198 cm³/mol. The number of allylic oxidation sites excluding steroid dienone is 7. The second kappa shape index (κ2) is 18.1. The summed E-state index contributed by atoms with van der Waals surface area (Å²) in [4.78, 5) is 26.5. The third kappa shape index (κ3) is 12.4. The Bertz CT molecular complexity index is 1340. The highest BCUT2D eigenvalue weighted by atomic mass is 19.1. The number of ketones is 1. The molecule has 1 saturated carbocycles. The average Bonchev–Trinajstić information content (AvgIpc) is 2.96. The van der Waals surface area contributed by atoms with Gasteiger partial charge in [0.15, 0.2) is 5.78 Å². The minimum atomic E-state index is -1.39.